The van der Waals surface area contributed by atoms with Gasteiger partial charge in [0.25, 0.3) is 0 Å². The zero-order valence-electron chi connectivity index (χ0n) is 13.1. The number of carbonyl (C=O) groups is 1. The van der Waals surface area contributed by atoms with Crippen LogP contribution in [0.1, 0.15) is 38.7 Å². The number of nitrogens with zero attached hydrogens (tertiary/aromatic N) is 2. The molecule has 21 heavy (non-hydrogen) atoms. The highest BCUT2D eigenvalue weighted by atomic mass is 16.3. The predicted octanol–water partition coefficient (Wildman–Crippen LogP) is 2.41. The summed E-state index contributed by atoms with van der Waals surface area (Å²) in [7, 11) is 0. The number of hydrogen-bond donors (Lipinski definition) is 1. The Hall–Kier alpha value is -1.55. The summed E-state index contributed by atoms with van der Waals surface area (Å²) >= 11 is 0. The zero-order valence-corrected chi connectivity index (χ0v) is 13.1. The first kappa shape index (κ1) is 15.8. The Morgan fingerprint density at radius 2 is 2.00 bits per heavy atom. The molecule has 1 amide bonds. The fraction of sp³-hybridized carbons (Fsp3) is 0.588. The second-order valence-corrected chi connectivity index (χ2v) is 5.68. The van der Waals surface area contributed by atoms with E-state index in [9.17, 15) is 9.90 Å². The van der Waals surface area contributed by atoms with Gasteiger partial charge in [0.2, 0.25) is 5.91 Å². The molecule has 0 spiro atoms. The molecule has 1 aromatic carbocycles. The molecule has 0 bridgehead atoms. The Balaban J connectivity index is 2.24. The first-order valence-electron chi connectivity index (χ1n) is 7.94. The first-order chi connectivity index (χ1) is 10.2. The summed E-state index contributed by atoms with van der Waals surface area (Å²) in [6.07, 6.45) is 1.95. The van der Waals surface area contributed by atoms with Crippen molar-refractivity contribution in [2.75, 3.05) is 24.5 Å². The Labute approximate surface area is 127 Å². The molecule has 0 saturated carbocycles. The monoisotopic (exact) mass is 290 g/mol. The lowest BCUT2D eigenvalue weighted by atomic mass is 10.1. The highest BCUT2D eigenvalue weighted by Gasteiger charge is 2.22. The molecule has 0 saturated heterocycles. The zero-order chi connectivity index (χ0) is 15.2. The van der Waals surface area contributed by atoms with Crippen molar-refractivity contribution in [2.45, 2.75) is 45.8 Å². The van der Waals surface area contributed by atoms with Crippen LogP contribution >= 0.6 is 0 Å². The molecule has 1 aromatic rings. The average Bonchev–Trinajstić information content (AvgIpc) is 2.48. The highest BCUT2D eigenvalue weighted by molar-refractivity contribution is 5.78. The number of rotatable bonds is 5. The fourth-order valence-corrected chi connectivity index (χ4v) is 2.91. The smallest absolute Gasteiger partial charge is 0.224 e. The Bertz CT molecular complexity index is 476. The Morgan fingerprint density at radius 3 is 2.71 bits per heavy atom. The van der Waals surface area contributed by atoms with Crippen LogP contribution in [0, 0.1) is 0 Å². The van der Waals surface area contributed by atoms with Crippen molar-refractivity contribution in [2.24, 2.45) is 0 Å². The Kier molecular flexibility index (Phi) is 5.62. The molecule has 1 N–H and O–H groups in total. The lowest BCUT2D eigenvalue weighted by Crippen LogP contribution is -2.40. The molecule has 1 aliphatic heterocycles. The van der Waals surface area contributed by atoms with Crippen LogP contribution in [0.25, 0.3) is 0 Å². The molecular formula is C17H26N2O2. The summed E-state index contributed by atoms with van der Waals surface area (Å²) in [6, 6.07) is 8.21. The molecular weight excluding hydrogens is 264 g/mol. The van der Waals surface area contributed by atoms with Crippen molar-refractivity contribution >= 4 is 11.6 Å². The summed E-state index contributed by atoms with van der Waals surface area (Å²) in [4.78, 5) is 16.3. The van der Waals surface area contributed by atoms with Gasteiger partial charge < -0.3 is 14.9 Å². The lowest BCUT2D eigenvalue weighted by Gasteiger charge is -2.34. The van der Waals surface area contributed by atoms with Crippen LogP contribution in [0.4, 0.5) is 5.69 Å². The van der Waals surface area contributed by atoms with E-state index in [1.165, 1.54) is 0 Å². The van der Waals surface area contributed by atoms with Crippen LogP contribution in [-0.4, -0.2) is 41.7 Å². The van der Waals surface area contributed by atoms with E-state index < -0.39 is 0 Å². The molecule has 0 aliphatic carbocycles. The van der Waals surface area contributed by atoms with Crippen LogP contribution in [0.3, 0.4) is 0 Å². The number of benzene rings is 1. The van der Waals surface area contributed by atoms with Crippen LogP contribution < -0.4 is 4.90 Å². The van der Waals surface area contributed by atoms with Crippen LogP contribution in [0.2, 0.25) is 0 Å². The highest BCUT2D eigenvalue weighted by Crippen LogP contribution is 2.25. The second-order valence-electron chi connectivity index (χ2n) is 5.68. The van der Waals surface area contributed by atoms with Crippen molar-refractivity contribution in [3.63, 3.8) is 0 Å². The molecule has 1 aliphatic rings. The van der Waals surface area contributed by atoms with Crippen molar-refractivity contribution in [3.05, 3.63) is 29.8 Å². The van der Waals surface area contributed by atoms with E-state index in [1.807, 2.05) is 24.0 Å². The third-order valence-corrected chi connectivity index (χ3v) is 4.08. The molecule has 0 fully saturated rings. The van der Waals surface area contributed by atoms with E-state index in [-0.39, 0.29) is 12.0 Å². The third kappa shape index (κ3) is 3.97. The molecule has 4 nitrogen and oxygen atoms in total. The summed E-state index contributed by atoms with van der Waals surface area (Å²) in [6.45, 7) is 6.77. The van der Waals surface area contributed by atoms with Gasteiger partial charge in [-0.15, -0.1) is 0 Å². The van der Waals surface area contributed by atoms with E-state index in [0.717, 1.165) is 30.6 Å². The number of β-amino-alcohol motifs (C(OH)–C–C–N with tert-alkyl or cyclic N) is 1. The summed E-state index contributed by atoms with van der Waals surface area (Å²) in [5.74, 6) is 0.196. The lowest BCUT2D eigenvalue weighted by molar-refractivity contribution is -0.131. The fourth-order valence-electron chi connectivity index (χ4n) is 2.91. The minimum absolute atomic E-state index is 0.196. The molecule has 1 unspecified atom stereocenters. The maximum absolute atomic E-state index is 12.2. The normalized spacial score (nSPS) is 17.2. The first-order valence-corrected chi connectivity index (χ1v) is 7.94. The number of para-hydroxylation sites is 1. The average molecular weight is 290 g/mol. The van der Waals surface area contributed by atoms with E-state index in [0.29, 0.717) is 26.1 Å². The maximum atomic E-state index is 12.2. The number of hydrogen-bond acceptors (Lipinski definition) is 3. The predicted molar refractivity (Wildman–Crippen MR) is 85.3 cm³/mol. The van der Waals surface area contributed by atoms with Crippen molar-refractivity contribution in [1.82, 2.24) is 4.90 Å². The molecule has 2 rings (SSSR count). The number of amides is 1. The summed E-state index contributed by atoms with van der Waals surface area (Å²) in [5, 5.41) is 10.1. The number of anilines is 1. The topological polar surface area (TPSA) is 43.8 Å². The molecule has 0 aromatic heterocycles. The maximum Gasteiger partial charge on any atom is 0.224 e. The van der Waals surface area contributed by atoms with Gasteiger partial charge in [-0.1, -0.05) is 31.5 Å². The molecule has 0 radical (unpaired) electrons. The van der Waals surface area contributed by atoms with Crippen LogP contribution in [-0.2, 0) is 11.3 Å². The van der Waals surface area contributed by atoms with Crippen molar-refractivity contribution < 1.29 is 9.90 Å². The van der Waals surface area contributed by atoms with E-state index in [2.05, 4.69) is 24.0 Å². The van der Waals surface area contributed by atoms with E-state index >= 15 is 0 Å². The summed E-state index contributed by atoms with van der Waals surface area (Å²) in [5.41, 5.74) is 2.31. The van der Waals surface area contributed by atoms with Gasteiger partial charge in [0.15, 0.2) is 0 Å². The van der Waals surface area contributed by atoms with Gasteiger partial charge in [-0.25, -0.2) is 0 Å². The quantitative estimate of drug-likeness (QED) is 0.905. The standard InChI is InChI=1S/C17H26N2O2/c1-3-7-15(20)13-19-11-10-17(21)18(4-2)12-14-8-5-6-9-16(14)19/h5-6,8-9,15,20H,3-4,7,10-13H2,1-2H3. The van der Waals surface area contributed by atoms with Gasteiger partial charge in [0, 0.05) is 38.3 Å². The Morgan fingerprint density at radius 1 is 1.24 bits per heavy atom. The summed E-state index contributed by atoms with van der Waals surface area (Å²) < 4.78 is 0. The van der Waals surface area contributed by atoms with Gasteiger partial charge in [0.1, 0.15) is 0 Å². The molecule has 4 heteroatoms. The SMILES string of the molecule is CCCC(O)CN1CCC(=O)N(CC)Cc2ccccc21. The van der Waals surface area contributed by atoms with Crippen molar-refractivity contribution in [1.29, 1.82) is 0 Å². The molecule has 116 valence electrons. The number of fused-ring (bicyclic) bond motifs is 1. The van der Waals surface area contributed by atoms with Crippen LogP contribution in [0.15, 0.2) is 24.3 Å². The van der Waals surface area contributed by atoms with Gasteiger partial charge in [-0.2, -0.15) is 0 Å². The van der Waals surface area contributed by atoms with Crippen LogP contribution in [0.5, 0.6) is 0 Å². The number of aliphatic hydroxyl groups is 1. The molecule has 1 atom stereocenters. The third-order valence-electron chi connectivity index (χ3n) is 4.08. The van der Waals surface area contributed by atoms with Gasteiger partial charge in [-0.05, 0) is 25.0 Å². The van der Waals surface area contributed by atoms with Gasteiger partial charge in [0.05, 0.1) is 6.10 Å². The van der Waals surface area contributed by atoms with Gasteiger partial charge in [-0.3, -0.25) is 4.79 Å². The van der Waals surface area contributed by atoms with Gasteiger partial charge >= 0.3 is 0 Å². The largest absolute Gasteiger partial charge is 0.391 e. The van der Waals surface area contributed by atoms with E-state index in [1.54, 1.807) is 0 Å². The van der Waals surface area contributed by atoms with E-state index in [4.69, 9.17) is 0 Å². The van der Waals surface area contributed by atoms with Crippen molar-refractivity contribution in [3.8, 4) is 0 Å². The minimum atomic E-state index is -0.333. The second kappa shape index (κ2) is 7.46. The number of carbonyl (C=O) groups excluding carboxylic acids is 1. The molecule has 1 heterocycles. The minimum Gasteiger partial charge on any atom is -0.391 e. The number of aliphatic hydroxyl groups excluding tert-OH is 1.